The number of esters is 1. The number of nitrogens with zero attached hydrogens (tertiary/aromatic N) is 1. The monoisotopic (exact) mass is 473 g/mol. The Morgan fingerprint density at radius 2 is 1.57 bits per heavy atom. The van der Waals surface area contributed by atoms with Crippen molar-refractivity contribution in [1.82, 2.24) is 0 Å². The smallest absolute Gasteiger partial charge is 0.340 e. The van der Waals surface area contributed by atoms with E-state index in [2.05, 4.69) is 10.6 Å². The van der Waals surface area contributed by atoms with Crippen molar-refractivity contribution in [2.45, 2.75) is 0 Å². The second-order valence-corrected chi connectivity index (χ2v) is 7.71. The van der Waals surface area contributed by atoms with Gasteiger partial charge >= 0.3 is 5.97 Å². The van der Waals surface area contributed by atoms with Gasteiger partial charge in [-0.1, -0.05) is 24.3 Å². The number of para-hydroxylation sites is 1. The van der Waals surface area contributed by atoms with E-state index in [0.717, 1.165) is 17.0 Å². The molecule has 0 saturated heterocycles. The van der Waals surface area contributed by atoms with Crippen LogP contribution in [0.2, 0.25) is 0 Å². The number of nitrogens with one attached hydrogen (secondary N) is 2. The third-order valence-corrected chi connectivity index (χ3v) is 4.95. The van der Waals surface area contributed by atoms with E-state index in [9.17, 15) is 14.4 Å². The van der Waals surface area contributed by atoms with E-state index in [1.165, 1.54) is 12.1 Å². The fraction of sp³-hybridized carbons (Fsp3) is 0.148. The molecule has 0 unspecified atom stereocenters. The molecule has 8 nitrogen and oxygen atoms in total. The predicted molar refractivity (Wildman–Crippen MR) is 137 cm³/mol. The van der Waals surface area contributed by atoms with E-state index >= 15 is 0 Å². The van der Waals surface area contributed by atoms with Crippen LogP contribution in [0.4, 0.5) is 17.1 Å². The van der Waals surface area contributed by atoms with Crippen LogP contribution < -0.4 is 20.3 Å². The molecule has 0 aliphatic heterocycles. The number of anilines is 3. The third kappa shape index (κ3) is 7.46. The minimum atomic E-state index is -0.724. The highest BCUT2D eigenvalue weighted by atomic mass is 16.5. The van der Waals surface area contributed by atoms with Crippen LogP contribution in [0.5, 0.6) is 5.75 Å². The van der Waals surface area contributed by atoms with Gasteiger partial charge in [0.25, 0.3) is 5.91 Å². The molecule has 35 heavy (non-hydrogen) atoms. The molecule has 0 heterocycles. The van der Waals surface area contributed by atoms with Crippen LogP contribution >= 0.6 is 0 Å². The summed E-state index contributed by atoms with van der Waals surface area (Å²) < 4.78 is 10.3. The Kier molecular flexibility index (Phi) is 8.61. The van der Waals surface area contributed by atoms with Gasteiger partial charge < -0.3 is 25.0 Å². The number of hydrogen-bond donors (Lipinski definition) is 2. The van der Waals surface area contributed by atoms with Crippen molar-refractivity contribution in [3.63, 3.8) is 0 Å². The zero-order chi connectivity index (χ0) is 25.2. The Bertz CT molecular complexity index is 1200. The first-order valence-electron chi connectivity index (χ1n) is 10.8. The molecular weight excluding hydrogens is 446 g/mol. The lowest BCUT2D eigenvalue weighted by molar-refractivity contribution is -0.119. The molecule has 0 saturated carbocycles. The molecular formula is C27H27N3O5. The highest BCUT2D eigenvalue weighted by molar-refractivity contribution is 6.06. The van der Waals surface area contributed by atoms with Crippen molar-refractivity contribution in [3.05, 3.63) is 90.0 Å². The maximum absolute atomic E-state index is 12.6. The summed E-state index contributed by atoms with van der Waals surface area (Å²) in [5.74, 6) is -0.895. The molecule has 8 heteroatoms. The summed E-state index contributed by atoms with van der Waals surface area (Å²) in [6.07, 6.45) is 3.00. The lowest BCUT2D eigenvalue weighted by atomic mass is 10.1. The number of rotatable bonds is 9. The Balaban J connectivity index is 1.56. The molecule has 2 N–H and O–H groups in total. The summed E-state index contributed by atoms with van der Waals surface area (Å²) in [7, 11) is 5.42. The van der Waals surface area contributed by atoms with Crippen molar-refractivity contribution < 1.29 is 23.9 Å². The van der Waals surface area contributed by atoms with Crippen LogP contribution in [0, 0.1) is 0 Å². The maximum Gasteiger partial charge on any atom is 0.340 e. The van der Waals surface area contributed by atoms with Gasteiger partial charge in [0.1, 0.15) is 5.75 Å². The molecule has 0 aliphatic carbocycles. The van der Waals surface area contributed by atoms with E-state index in [0.29, 0.717) is 5.69 Å². The first kappa shape index (κ1) is 25.0. The number of carbonyl (C=O) groups is 3. The molecule has 0 aromatic heterocycles. The highest BCUT2D eigenvalue weighted by Gasteiger charge is 2.15. The standard InChI is InChI=1S/C27H27N3O5/c1-30(2)21-13-11-20(12-14-21)28-26(32)18-35-27(33)23-6-4-5-7-24(23)29-25(31)17-10-19-8-15-22(34-3)16-9-19/h4-17H,18H2,1-3H3,(H,28,32)(H,29,31)/b17-10+. The van der Waals surface area contributed by atoms with Crippen LogP contribution in [0.3, 0.4) is 0 Å². The quantitative estimate of drug-likeness (QED) is 0.357. The summed E-state index contributed by atoms with van der Waals surface area (Å²) in [4.78, 5) is 39.1. The molecule has 0 bridgehead atoms. The average molecular weight is 474 g/mol. The fourth-order valence-corrected chi connectivity index (χ4v) is 3.08. The largest absolute Gasteiger partial charge is 0.497 e. The predicted octanol–water partition coefficient (Wildman–Crippen LogP) is 4.21. The van der Waals surface area contributed by atoms with E-state index in [4.69, 9.17) is 9.47 Å². The summed E-state index contributed by atoms with van der Waals surface area (Å²) in [5.41, 5.74) is 2.82. The minimum absolute atomic E-state index is 0.141. The van der Waals surface area contributed by atoms with Crippen LogP contribution in [-0.4, -0.2) is 45.6 Å². The van der Waals surface area contributed by atoms with Crippen molar-refractivity contribution in [2.75, 3.05) is 43.3 Å². The SMILES string of the molecule is COc1ccc(/C=C/C(=O)Nc2ccccc2C(=O)OCC(=O)Nc2ccc(N(C)C)cc2)cc1. The van der Waals surface area contributed by atoms with E-state index in [1.807, 2.05) is 43.3 Å². The number of ether oxygens (including phenoxy) is 2. The van der Waals surface area contributed by atoms with Crippen molar-refractivity contribution >= 4 is 40.9 Å². The normalized spacial score (nSPS) is 10.5. The maximum atomic E-state index is 12.6. The second-order valence-electron chi connectivity index (χ2n) is 7.71. The number of carbonyl (C=O) groups excluding carboxylic acids is 3. The number of benzene rings is 3. The van der Waals surface area contributed by atoms with Crippen LogP contribution in [0.25, 0.3) is 6.08 Å². The highest BCUT2D eigenvalue weighted by Crippen LogP contribution is 2.18. The van der Waals surface area contributed by atoms with Gasteiger partial charge in [-0.15, -0.1) is 0 Å². The molecule has 0 fully saturated rings. The van der Waals surface area contributed by atoms with Crippen molar-refractivity contribution in [2.24, 2.45) is 0 Å². The Morgan fingerprint density at radius 1 is 0.886 bits per heavy atom. The van der Waals surface area contributed by atoms with Crippen molar-refractivity contribution in [1.29, 1.82) is 0 Å². The topological polar surface area (TPSA) is 97.0 Å². The first-order valence-corrected chi connectivity index (χ1v) is 10.8. The van der Waals surface area contributed by atoms with Crippen LogP contribution in [0.15, 0.2) is 78.9 Å². The summed E-state index contributed by atoms with van der Waals surface area (Å²) in [6.45, 7) is -0.464. The van der Waals surface area contributed by atoms with Gasteiger partial charge in [-0.2, -0.15) is 0 Å². The Morgan fingerprint density at radius 3 is 2.23 bits per heavy atom. The van der Waals surface area contributed by atoms with Gasteiger partial charge in [0.15, 0.2) is 6.61 Å². The lowest BCUT2D eigenvalue weighted by Crippen LogP contribution is -2.22. The van der Waals surface area contributed by atoms with Crippen molar-refractivity contribution in [3.8, 4) is 5.75 Å². The van der Waals surface area contributed by atoms with Gasteiger partial charge in [0, 0.05) is 31.5 Å². The van der Waals surface area contributed by atoms with Gasteiger partial charge in [-0.05, 0) is 60.2 Å². The third-order valence-electron chi connectivity index (χ3n) is 4.95. The fourth-order valence-electron chi connectivity index (χ4n) is 3.08. The molecule has 0 aliphatic rings. The first-order chi connectivity index (χ1) is 16.9. The molecule has 180 valence electrons. The second kappa shape index (κ2) is 12.0. The van der Waals surface area contributed by atoms with E-state index < -0.39 is 24.4 Å². The number of hydrogen-bond acceptors (Lipinski definition) is 6. The molecule has 0 spiro atoms. The zero-order valence-electron chi connectivity index (χ0n) is 19.8. The Labute approximate surface area is 204 Å². The summed E-state index contributed by atoms with van der Waals surface area (Å²) in [6, 6.07) is 20.9. The van der Waals surface area contributed by atoms with Gasteiger partial charge in [0.2, 0.25) is 5.91 Å². The zero-order valence-corrected chi connectivity index (χ0v) is 19.8. The molecule has 3 aromatic rings. The number of methoxy groups -OCH3 is 1. The van der Waals surface area contributed by atoms with E-state index in [-0.39, 0.29) is 11.3 Å². The summed E-state index contributed by atoms with van der Waals surface area (Å²) >= 11 is 0. The van der Waals surface area contributed by atoms with Gasteiger partial charge in [0.05, 0.1) is 18.4 Å². The molecule has 3 rings (SSSR count). The minimum Gasteiger partial charge on any atom is -0.497 e. The number of amides is 2. The average Bonchev–Trinajstić information content (AvgIpc) is 2.87. The molecule has 3 aromatic carbocycles. The molecule has 0 atom stereocenters. The Hall–Kier alpha value is -4.59. The van der Waals surface area contributed by atoms with E-state index in [1.54, 1.807) is 55.7 Å². The molecule has 2 amide bonds. The van der Waals surface area contributed by atoms with Gasteiger partial charge in [-0.25, -0.2) is 4.79 Å². The van der Waals surface area contributed by atoms with Gasteiger partial charge in [-0.3, -0.25) is 9.59 Å². The van der Waals surface area contributed by atoms with Crippen LogP contribution in [0.1, 0.15) is 15.9 Å². The molecule has 0 radical (unpaired) electrons. The van der Waals surface area contributed by atoms with Crippen LogP contribution in [-0.2, 0) is 14.3 Å². The lowest BCUT2D eigenvalue weighted by Gasteiger charge is -2.13. The summed E-state index contributed by atoms with van der Waals surface area (Å²) in [5, 5.41) is 5.35.